The first-order valence-corrected chi connectivity index (χ1v) is 10.3. The van der Waals surface area contributed by atoms with Crippen LogP contribution in [-0.4, -0.2) is 134 Å². The number of carbonyl (C=O) groups excluding carboxylic acids is 3. The Morgan fingerprint density at radius 1 is 0.800 bits per heavy atom. The van der Waals surface area contributed by atoms with Gasteiger partial charge in [0.15, 0.2) is 0 Å². The molecule has 0 aliphatic carbocycles. The molecule has 1 aliphatic heterocycles. The van der Waals surface area contributed by atoms with E-state index in [4.69, 9.17) is 4.74 Å². The van der Waals surface area contributed by atoms with Crippen molar-refractivity contribution in [3.63, 3.8) is 0 Å². The Hall–Kier alpha value is -1.79. The molecule has 1 atom stereocenters. The molecule has 174 valence electrons. The van der Waals surface area contributed by atoms with E-state index in [1.54, 1.807) is 9.80 Å². The Labute approximate surface area is 177 Å². The summed E-state index contributed by atoms with van der Waals surface area (Å²) in [6.45, 7) is 5.42. The van der Waals surface area contributed by atoms with Crippen LogP contribution in [0.5, 0.6) is 0 Å². The van der Waals surface area contributed by atoms with Gasteiger partial charge in [0.1, 0.15) is 0 Å². The summed E-state index contributed by atoms with van der Waals surface area (Å²) in [5.74, 6) is -2.79. The number of β-amino-alcohol motifs (C(OH)–C–C–N with tert-alkyl or cyclic N) is 1. The fourth-order valence-corrected chi connectivity index (χ4v) is 3.27. The average Bonchev–Trinajstić information content (AvgIpc) is 2.68. The molecule has 11 heteroatoms. The predicted molar refractivity (Wildman–Crippen MR) is 104 cm³/mol. The highest BCUT2D eigenvalue weighted by Gasteiger charge is 2.19. The van der Waals surface area contributed by atoms with Crippen LogP contribution in [0.15, 0.2) is 0 Å². The standard InChI is InChI=1S/C19H36N4O7/c1-3-16(24)12-20-4-6-21(13-17(25)26)7-8-22(14-18(27)28)9-11-23(10-5-20)15-19(29)30-2/h16,24H,3-15H2,1-2H3,(H,25,26)(H,27,28)/p-2. The number of ether oxygens (including phenoxy) is 1. The van der Waals surface area contributed by atoms with E-state index < -0.39 is 18.0 Å². The van der Waals surface area contributed by atoms with Crippen molar-refractivity contribution in [2.24, 2.45) is 0 Å². The lowest BCUT2D eigenvalue weighted by Gasteiger charge is -2.34. The Bertz CT molecular complexity index is 549. The Morgan fingerprint density at radius 2 is 1.17 bits per heavy atom. The third-order valence-electron chi connectivity index (χ3n) is 5.16. The van der Waals surface area contributed by atoms with Crippen molar-refractivity contribution in [3.05, 3.63) is 0 Å². The maximum Gasteiger partial charge on any atom is 0.319 e. The van der Waals surface area contributed by atoms with Crippen molar-refractivity contribution >= 4 is 17.9 Å². The van der Waals surface area contributed by atoms with Gasteiger partial charge in [-0.05, 0) is 6.42 Å². The van der Waals surface area contributed by atoms with Crippen molar-refractivity contribution in [3.8, 4) is 0 Å². The molecule has 0 aromatic rings. The molecule has 1 saturated heterocycles. The highest BCUT2D eigenvalue weighted by atomic mass is 16.5. The maximum atomic E-state index is 11.8. The van der Waals surface area contributed by atoms with Crippen LogP contribution in [0.2, 0.25) is 0 Å². The summed E-state index contributed by atoms with van der Waals surface area (Å²) >= 11 is 0. The summed E-state index contributed by atoms with van der Waals surface area (Å²) in [6.07, 6.45) is 0.101. The third kappa shape index (κ3) is 11.4. The van der Waals surface area contributed by atoms with E-state index in [2.05, 4.69) is 0 Å². The first kappa shape index (κ1) is 26.2. The van der Waals surface area contributed by atoms with Gasteiger partial charge in [-0.3, -0.25) is 24.4 Å². The van der Waals surface area contributed by atoms with Crippen molar-refractivity contribution in [2.75, 3.05) is 85.6 Å². The van der Waals surface area contributed by atoms with Gasteiger partial charge in [-0.1, -0.05) is 6.92 Å². The number of hydrogen-bond acceptors (Lipinski definition) is 11. The van der Waals surface area contributed by atoms with Gasteiger partial charge in [0.25, 0.3) is 0 Å². The van der Waals surface area contributed by atoms with Gasteiger partial charge in [-0.2, -0.15) is 0 Å². The molecular formula is C19H34N4O7-2. The number of hydrogen-bond donors (Lipinski definition) is 1. The van der Waals surface area contributed by atoms with Crippen LogP contribution < -0.4 is 10.2 Å². The molecule has 0 amide bonds. The van der Waals surface area contributed by atoms with Gasteiger partial charge in [0, 0.05) is 72.0 Å². The number of carboxylic acid groups (broad SMARTS) is 2. The van der Waals surface area contributed by atoms with Crippen LogP contribution in [-0.2, 0) is 19.1 Å². The first-order valence-electron chi connectivity index (χ1n) is 10.3. The molecule has 1 unspecified atom stereocenters. The number of rotatable bonds is 9. The van der Waals surface area contributed by atoms with Crippen LogP contribution in [0.25, 0.3) is 0 Å². The Balaban J connectivity index is 2.93. The SMILES string of the molecule is CCC(O)CN1CCN(CC(=O)[O-])CCN(CC(=O)[O-])CCN(CC(=O)OC)CC1. The van der Waals surface area contributed by atoms with Gasteiger partial charge < -0.3 is 29.6 Å². The molecule has 0 spiro atoms. The number of aliphatic hydroxyl groups excluding tert-OH is 1. The normalized spacial score (nSPS) is 20.1. The van der Waals surface area contributed by atoms with Gasteiger partial charge in [-0.25, -0.2) is 0 Å². The number of carbonyl (C=O) groups is 3. The molecule has 1 fully saturated rings. The van der Waals surface area contributed by atoms with Crippen LogP contribution in [0.3, 0.4) is 0 Å². The third-order valence-corrected chi connectivity index (χ3v) is 5.16. The summed E-state index contributed by atoms with van der Waals surface area (Å²) in [6, 6.07) is 0. The number of methoxy groups -OCH3 is 1. The van der Waals surface area contributed by atoms with Crippen LogP contribution in [0.1, 0.15) is 13.3 Å². The minimum Gasteiger partial charge on any atom is -0.549 e. The fourth-order valence-electron chi connectivity index (χ4n) is 3.27. The molecule has 0 aromatic heterocycles. The molecule has 1 heterocycles. The molecule has 0 saturated carbocycles. The minimum absolute atomic E-state index is 0.0800. The highest BCUT2D eigenvalue weighted by Crippen LogP contribution is 2.03. The van der Waals surface area contributed by atoms with Gasteiger partial charge in [0.05, 0.1) is 31.7 Å². The molecule has 0 radical (unpaired) electrons. The summed E-state index contributed by atoms with van der Waals surface area (Å²) < 4.78 is 4.76. The molecule has 11 nitrogen and oxygen atoms in total. The van der Waals surface area contributed by atoms with E-state index in [1.807, 2.05) is 16.7 Å². The summed E-state index contributed by atoms with van der Waals surface area (Å²) in [5, 5.41) is 32.3. The van der Waals surface area contributed by atoms with Crippen molar-refractivity contribution in [1.82, 2.24) is 19.6 Å². The van der Waals surface area contributed by atoms with E-state index in [-0.39, 0.29) is 25.6 Å². The fraction of sp³-hybridized carbons (Fsp3) is 0.842. The number of aliphatic hydroxyl groups is 1. The topological polar surface area (TPSA) is 140 Å². The average molecular weight is 431 g/mol. The number of aliphatic carboxylic acids is 2. The van der Waals surface area contributed by atoms with Crippen LogP contribution in [0, 0.1) is 0 Å². The Morgan fingerprint density at radius 3 is 1.50 bits per heavy atom. The Kier molecular flexibility index (Phi) is 12.5. The summed E-state index contributed by atoms with van der Waals surface area (Å²) in [4.78, 5) is 41.3. The zero-order valence-corrected chi connectivity index (χ0v) is 18.0. The number of esters is 1. The van der Waals surface area contributed by atoms with E-state index >= 15 is 0 Å². The number of carboxylic acids is 2. The first-order chi connectivity index (χ1) is 14.2. The van der Waals surface area contributed by atoms with Gasteiger partial charge in [-0.15, -0.1) is 0 Å². The van der Waals surface area contributed by atoms with E-state index in [0.29, 0.717) is 65.3 Å². The molecule has 30 heavy (non-hydrogen) atoms. The quantitative estimate of drug-likeness (QED) is 0.355. The van der Waals surface area contributed by atoms with Crippen molar-refractivity contribution < 1.29 is 34.4 Å². The molecule has 1 N–H and O–H groups in total. The van der Waals surface area contributed by atoms with Crippen molar-refractivity contribution in [2.45, 2.75) is 19.4 Å². The molecule has 1 rings (SSSR count). The maximum absolute atomic E-state index is 11.8. The van der Waals surface area contributed by atoms with Gasteiger partial charge in [0.2, 0.25) is 0 Å². The minimum atomic E-state index is -1.22. The molecule has 0 aromatic carbocycles. The van der Waals surface area contributed by atoms with E-state index in [0.717, 1.165) is 0 Å². The second-order valence-electron chi connectivity index (χ2n) is 7.51. The smallest absolute Gasteiger partial charge is 0.319 e. The summed E-state index contributed by atoms with van der Waals surface area (Å²) in [5.41, 5.74) is 0. The molecular weight excluding hydrogens is 396 g/mol. The zero-order chi connectivity index (χ0) is 22.5. The largest absolute Gasteiger partial charge is 0.549 e. The van der Waals surface area contributed by atoms with E-state index in [9.17, 15) is 29.7 Å². The van der Waals surface area contributed by atoms with Crippen LogP contribution in [0.4, 0.5) is 0 Å². The van der Waals surface area contributed by atoms with Crippen molar-refractivity contribution in [1.29, 1.82) is 0 Å². The lowest BCUT2D eigenvalue weighted by atomic mass is 10.2. The molecule has 0 bridgehead atoms. The highest BCUT2D eigenvalue weighted by molar-refractivity contribution is 5.71. The zero-order valence-electron chi connectivity index (χ0n) is 18.0. The lowest BCUT2D eigenvalue weighted by Crippen LogP contribution is -2.51. The second-order valence-corrected chi connectivity index (χ2v) is 7.51. The van der Waals surface area contributed by atoms with Crippen LogP contribution >= 0.6 is 0 Å². The number of nitrogens with zero attached hydrogens (tertiary/aromatic N) is 4. The monoisotopic (exact) mass is 430 g/mol. The lowest BCUT2D eigenvalue weighted by molar-refractivity contribution is -0.308. The van der Waals surface area contributed by atoms with E-state index in [1.165, 1.54) is 7.11 Å². The summed E-state index contributed by atoms with van der Waals surface area (Å²) in [7, 11) is 1.32. The second kappa shape index (κ2) is 14.3. The molecule has 1 aliphatic rings. The predicted octanol–water partition coefficient (Wildman–Crippen LogP) is -4.35. The van der Waals surface area contributed by atoms with Gasteiger partial charge >= 0.3 is 5.97 Å².